The van der Waals surface area contributed by atoms with Gasteiger partial charge in [0.2, 0.25) is 0 Å². The van der Waals surface area contributed by atoms with Gasteiger partial charge in [0, 0.05) is 11.1 Å². The van der Waals surface area contributed by atoms with Gasteiger partial charge < -0.3 is 0 Å². The van der Waals surface area contributed by atoms with Gasteiger partial charge in [0.25, 0.3) is 0 Å². The van der Waals surface area contributed by atoms with Crippen LogP contribution in [0.3, 0.4) is 0 Å². The Hall–Kier alpha value is -2.33. The normalized spacial score (nSPS) is 11.7. The lowest BCUT2D eigenvalue weighted by atomic mass is 10.0. The van der Waals surface area contributed by atoms with Gasteiger partial charge in [0.05, 0.1) is 5.54 Å². The molecule has 0 aliphatic heterocycles. The van der Waals surface area contributed by atoms with Crippen LogP contribution in [0.1, 0.15) is 37.5 Å². The predicted octanol–water partition coefficient (Wildman–Crippen LogP) is 4.63. The van der Waals surface area contributed by atoms with E-state index >= 15 is 0 Å². The molecule has 0 atom stereocenters. The van der Waals surface area contributed by atoms with E-state index in [1.807, 2.05) is 42.5 Å². The zero-order valence-electron chi connectivity index (χ0n) is 13.1. The molecule has 106 valence electrons. The van der Waals surface area contributed by atoms with Crippen LogP contribution in [0.4, 0.5) is 0 Å². The molecule has 0 aliphatic rings. The summed E-state index contributed by atoms with van der Waals surface area (Å²) < 4.78 is 0. The third-order valence-corrected chi connectivity index (χ3v) is 2.95. The highest BCUT2D eigenvalue weighted by atomic mass is 14.8. The Kier molecular flexibility index (Phi) is 4.60. The molecule has 0 aromatic heterocycles. The summed E-state index contributed by atoms with van der Waals surface area (Å²) in [5.74, 6) is 6.46. The quantitative estimate of drug-likeness (QED) is 0.531. The minimum absolute atomic E-state index is 0.150. The Balaban J connectivity index is 2.47. The Morgan fingerprint density at radius 3 is 2.14 bits per heavy atom. The predicted molar refractivity (Wildman–Crippen MR) is 90.8 cm³/mol. The zero-order valence-corrected chi connectivity index (χ0v) is 13.1. The second-order valence-corrected chi connectivity index (χ2v) is 6.06. The third kappa shape index (κ3) is 4.61. The number of hydrogen-bond donors (Lipinski definition) is 0. The van der Waals surface area contributed by atoms with Crippen molar-refractivity contribution in [3.63, 3.8) is 0 Å². The first-order chi connectivity index (χ1) is 9.96. The largest absolute Gasteiger partial charge is 0.270 e. The molecule has 0 amide bonds. The highest BCUT2D eigenvalue weighted by Gasteiger charge is 2.11. The van der Waals surface area contributed by atoms with E-state index in [1.165, 1.54) is 5.56 Å². The minimum Gasteiger partial charge on any atom is -0.270 e. The van der Waals surface area contributed by atoms with E-state index in [2.05, 4.69) is 51.7 Å². The summed E-state index contributed by atoms with van der Waals surface area (Å²) in [4.78, 5) is 4.80. The molecule has 0 N–H and O–H groups in total. The van der Waals surface area contributed by atoms with Crippen molar-refractivity contribution in [1.82, 2.24) is 0 Å². The maximum atomic E-state index is 4.80. The summed E-state index contributed by atoms with van der Waals surface area (Å²) in [6, 6.07) is 18.3. The number of aliphatic imine (C=N–C) groups is 1. The van der Waals surface area contributed by atoms with Crippen molar-refractivity contribution in [3.8, 4) is 11.8 Å². The molecule has 0 aliphatic carbocycles. The number of benzene rings is 2. The molecule has 1 heteroatoms. The van der Waals surface area contributed by atoms with Crippen LogP contribution in [-0.2, 0) is 0 Å². The van der Waals surface area contributed by atoms with E-state index in [9.17, 15) is 0 Å². The smallest absolute Gasteiger partial charge is 0.116 e. The number of aryl methyl sites for hydroxylation is 1. The third-order valence-electron chi connectivity index (χ3n) is 2.95. The lowest BCUT2D eigenvalue weighted by molar-refractivity contribution is 0.585. The zero-order chi connectivity index (χ0) is 15.3. The Bertz CT molecular complexity index is 692. The molecule has 1 nitrogen and oxygen atoms in total. The van der Waals surface area contributed by atoms with Gasteiger partial charge >= 0.3 is 0 Å². The van der Waals surface area contributed by atoms with E-state index in [0.717, 1.165) is 16.8 Å². The fourth-order valence-corrected chi connectivity index (χ4v) is 1.98. The first-order valence-corrected chi connectivity index (χ1v) is 7.19. The Labute approximate surface area is 127 Å². The van der Waals surface area contributed by atoms with Gasteiger partial charge in [0.15, 0.2) is 0 Å². The molecule has 0 fully saturated rings. The van der Waals surface area contributed by atoms with Crippen LogP contribution in [0.15, 0.2) is 59.6 Å². The van der Waals surface area contributed by atoms with E-state index in [1.54, 1.807) is 0 Å². The summed E-state index contributed by atoms with van der Waals surface area (Å²) in [5, 5.41) is 0. The topological polar surface area (TPSA) is 12.4 Å². The van der Waals surface area contributed by atoms with Gasteiger partial charge in [-0.3, -0.25) is 4.99 Å². The van der Waals surface area contributed by atoms with Crippen LogP contribution in [0, 0.1) is 18.8 Å². The molecule has 21 heavy (non-hydrogen) atoms. The number of rotatable bonds is 1. The van der Waals surface area contributed by atoms with Gasteiger partial charge in [-0.05, 0) is 51.3 Å². The first kappa shape index (κ1) is 15.1. The first-order valence-electron chi connectivity index (χ1n) is 7.19. The minimum atomic E-state index is -0.150. The molecule has 0 saturated heterocycles. The van der Waals surface area contributed by atoms with Crippen LogP contribution in [0.5, 0.6) is 0 Å². The standard InChI is InChI=1S/C20H21N/c1-16-10-8-9-13-18(16)19(21-20(2,3)4)15-14-17-11-6-5-7-12-17/h5-13H,1-4H3. The second kappa shape index (κ2) is 6.41. The lowest BCUT2D eigenvalue weighted by Gasteiger charge is -2.14. The monoisotopic (exact) mass is 275 g/mol. The number of hydrogen-bond acceptors (Lipinski definition) is 1. The van der Waals surface area contributed by atoms with Gasteiger partial charge in [-0.15, -0.1) is 0 Å². The van der Waals surface area contributed by atoms with E-state index in [0.29, 0.717) is 0 Å². The molecule has 2 aromatic carbocycles. The highest BCUT2D eigenvalue weighted by molar-refractivity contribution is 6.14. The van der Waals surface area contributed by atoms with Crippen LogP contribution < -0.4 is 0 Å². The summed E-state index contributed by atoms with van der Waals surface area (Å²) in [6.45, 7) is 8.37. The highest BCUT2D eigenvalue weighted by Crippen LogP contribution is 2.14. The van der Waals surface area contributed by atoms with Crippen molar-refractivity contribution in [2.24, 2.45) is 4.99 Å². The second-order valence-electron chi connectivity index (χ2n) is 6.06. The Morgan fingerprint density at radius 1 is 0.905 bits per heavy atom. The molecule has 0 saturated carbocycles. The maximum absolute atomic E-state index is 4.80. The molecule has 2 aromatic rings. The molecule has 0 unspecified atom stereocenters. The SMILES string of the molecule is Cc1ccccc1C(C#Cc1ccccc1)=NC(C)(C)C. The summed E-state index contributed by atoms with van der Waals surface area (Å²) in [6.07, 6.45) is 0. The van der Waals surface area contributed by atoms with Crippen LogP contribution in [0.2, 0.25) is 0 Å². The molecule has 0 bridgehead atoms. The lowest BCUT2D eigenvalue weighted by Crippen LogP contribution is -2.14. The van der Waals surface area contributed by atoms with Crippen molar-refractivity contribution in [3.05, 3.63) is 71.3 Å². The van der Waals surface area contributed by atoms with Gasteiger partial charge in [-0.2, -0.15) is 0 Å². The molecular weight excluding hydrogens is 254 g/mol. The molecular formula is C20H21N. The Morgan fingerprint density at radius 2 is 1.52 bits per heavy atom. The maximum Gasteiger partial charge on any atom is 0.116 e. The van der Waals surface area contributed by atoms with E-state index in [-0.39, 0.29) is 5.54 Å². The van der Waals surface area contributed by atoms with Crippen molar-refractivity contribution < 1.29 is 0 Å². The van der Waals surface area contributed by atoms with Crippen molar-refractivity contribution >= 4 is 5.71 Å². The van der Waals surface area contributed by atoms with Crippen LogP contribution in [0.25, 0.3) is 0 Å². The average molecular weight is 275 g/mol. The number of nitrogens with zero attached hydrogens (tertiary/aromatic N) is 1. The van der Waals surface area contributed by atoms with Crippen molar-refractivity contribution in [2.75, 3.05) is 0 Å². The van der Waals surface area contributed by atoms with Gasteiger partial charge in [0.1, 0.15) is 5.71 Å². The van der Waals surface area contributed by atoms with E-state index < -0.39 is 0 Å². The average Bonchev–Trinajstić information content (AvgIpc) is 2.44. The summed E-state index contributed by atoms with van der Waals surface area (Å²) in [5.41, 5.74) is 4.01. The molecule has 0 heterocycles. The van der Waals surface area contributed by atoms with Crippen molar-refractivity contribution in [1.29, 1.82) is 0 Å². The van der Waals surface area contributed by atoms with Crippen LogP contribution in [-0.4, -0.2) is 11.3 Å². The molecule has 0 radical (unpaired) electrons. The summed E-state index contributed by atoms with van der Waals surface area (Å²) in [7, 11) is 0. The molecule has 2 rings (SSSR count). The molecule has 0 spiro atoms. The van der Waals surface area contributed by atoms with Crippen molar-refractivity contribution in [2.45, 2.75) is 33.2 Å². The van der Waals surface area contributed by atoms with Crippen LogP contribution >= 0.6 is 0 Å². The fourth-order valence-electron chi connectivity index (χ4n) is 1.98. The fraction of sp³-hybridized carbons (Fsp3) is 0.250. The van der Waals surface area contributed by atoms with Gasteiger partial charge in [-0.25, -0.2) is 0 Å². The summed E-state index contributed by atoms with van der Waals surface area (Å²) >= 11 is 0. The van der Waals surface area contributed by atoms with Gasteiger partial charge in [-0.1, -0.05) is 48.4 Å². The van der Waals surface area contributed by atoms with E-state index in [4.69, 9.17) is 4.99 Å².